The summed E-state index contributed by atoms with van der Waals surface area (Å²) in [7, 11) is 0. The lowest BCUT2D eigenvalue weighted by atomic mass is 9.80. The molecule has 2 aliphatic rings. The van der Waals surface area contributed by atoms with Gasteiger partial charge in [0.1, 0.15) is 0 Å². The fraction of sp³-hybridized carbons (Fsp3) is 1.00. The molecule has 2 fully saturated rings. The smallest absolute Gasteiger partial charge is 0.0577 e. The minimum atomic E-state index is 0.544. The van der Waals surface area contributed by atoms with Gasteiger partial charge in [0.2, 0.25) is 0 Å². The number of nitrogens with one attached hydrogen (secondary N) is 1. The summed E-state index contributed by atoms with van der Waals surface area (Å²) < 4.78 is 6.03. The zero-order chi connectivity index (χ0) is 12.8. The number of hydrogen-bond donors (Lipinski definition) is 1. The summed E-state index contributed by atoms with van der Waals surface area (Å²) in [4.78, 5) is 0. The highest BCUT2D eigenvalue weighted by molar-refractivity contribution is 4.76. The third-order valence-electron chi connectivity index (χ3n) is 5.01. The van der Waals surface area contributed by atoms with Crippen LogP contribution in [0.25, 0.3) is 0 Å². The molecule has 0 amide bonds. The van der Waals surface area contributed by atoms with Crippen LogP contribution >= 0.6 is 0 Å². The maximum atomic E-state index is 6.03. The van der Waals surface area contributed by atoms with Crippen molar-refractivity contribution >= 4 is 0 Å². The van der Waals surface area contributed by atoms with E-state index in [-0.39, 0.29) is 0 Å². The highest BCUT2D eigenvalue weighted by Gasteiger charge is 2.24. The van der Waals surface area contributed by atoms with Crippen LogP contribution in [0.4, 0.5) is 0 Å². The van der Waals surface area contributed by atoms with Gasteiger partial charge in [-0.3, -0.25) is 0 Å². The van der Waals surface area contributed by atoms with Gasteiger partial charge in [0.25, 0.3) is 0 Å². The summed E-state index contributed by atoms with van der Waals surface area (Å²) in [5, 5.41) is 3.66. The van der Waals surface area contributed by atoms with Crippen LogP contribution in [-0.2, 0) is 4.74 Å². The molecule has 2 saturated carbocycles. The first-order chi connectivity index (χ1) is 8.75. The quantitative estimate of drug-likeness (QED) is 0.728. The van der Waals surface area contributed by atoms with Crippen LogP contribution in [0.1, 0.15) is 65.2 Å². The zero-order valence-electron chi connectivity index (χ0n) is 12.3. The van der Waals surface area contributed by atoms with Crippen LogP contribution in [0.3, 0.4) is 0 Å². The zero-order valence-corrected chi connectivity index (χ0v) is 12.3. The minimum absolute atomic E-state index is 0.544. The van der Waals surface area contributed by atoms with E-state index in [0.717, 1.165) is 31.0 Å². The van der Waals surface area contributed by atoms with Crippen LogP contribution in [0.5, 0.6) is 0 Å². The molecule has 0 bridgehead atoms. The second-order valence-electron chi connectivity index (χ2n) is 6.55. The van der Waals surface area contributed by atoms with Crippen molar-refractivity contribution in [2.24, 2.45) is 11.8 Å². The molecule has 0 aromatic rings. The fourth-order valence-electron chi connectivity index (χ4n) is 3.41. The van der Waals surface area contributed by atoms with Gasteiger partial charge in [-0.25, -0.2) is 0 Å². The van der Waals surface area contributed by atoms with Crippen LogP contribution in [0, 0.1) is 11.8 Å². The molecule has 0 aliphatic heterocycles. The Balaban J connectivity index is 1.47. The first-order valence-electron chi connectivity index (χ1n) is 8.10. The Morgan fingerprint density at radius 1 is 1.00 bits per heavy atom. The molecule has 3 atom stereocenters. The highest BCUT2D eigenvalue weighted by Crippen LogP contribution is 2.30. The standard InChI is InChI=1S/C16H31NO/c1-13-8-9-16(12-14(13)2)18-11-5-10-17-15-6-3-4-7-15/h13-17H,3-12H2,1-2H3. The Morgan fingerprint density at radius 2 is 1.78 bits per heavy atom. The largest absolute Gasteiger partial charge is 0.378 e. The number of hydrogen-bond acceptors (Lipinski definition) is 2. The van der Waals surface area contributed by atoms with Crippen LogP contribution in [-0.4, -0.2) is 25.3 Å². The number of ether oxygens (including phenoxy) is 1. The maximum Gasteiger partial charge on any atom is 0.0577 e. The average Bonchev–Trinajstić information content (AvgIpc) is 2.86. The predicted octanol–water partition coefficient (Wildman–Crippen LogP) is 3.75. The van der Waals surface area contributed by atoms with Gasteiger partial charge in [-0.05, 0) is 56.9 Å². The van der Waals surface area contributed by atoms with Crippen LogP contribution in [0.15, 0.2) is 0 Å². The first kappa shape index (κ1) is 14.3. The molecule has 106 valence electrons. The lowest BCUT2D eigenvalue weighted by Crippen LogP contribution is -2.29. The molecule has 0 aromatic carbocycles. The van der Waals surface area contributed by atoms with Gasteiger partial charge in [-0.1, -0.05) is 26.7 Å². The van der Waals surface area contributed by atoms with E-state index in [4.69, 9.17) is 4.74 Å². The molecule has 2 heteroatoms. The Kier molecular flexibility index (Phi) is 5.97. The van der Waals surface area contributed by atoms with E-state index in [1.54, 1.807) is 0 Å². The lowest BCUT2D eigenvalue weighted by molar-refractivity contribution is 0.00167. The van der Waals surface area contributed by atoms with Crippen molar-refractivity contribution < 1.29 is 4.74 Å². The van der Waals surface area contributed by atoms with Crippen molar-refractivity contribution in [3.05, 3.63) is 0 Å². The molecule has 18 heavy (non-hydrogen) atoms. The SMILES string of the molecule is CC1CCC(OCCCNC2CCCC2)CC1C. The van der Waals surface area contributed by atoms with Crippen molar-refractivity contribution in [3.63, 3.8) is 0 Å². The van der Waals surface area contributed by atoms with Gasteiger partial charge >= 0.3 is 0 Å². The molecular weight excluding hydrogens is 222 g/mol. The molecule has 0 radical (unpaired) electrons. The normalized spacial score (nSPS) is 34.0. The summed E-state index contributed by atoms with van der Waals surface area (Å²) in [6.07, 6.45) is 11.3. The van der Waals surface area contributed by atoms with Crippen molar-refractivity contribution in [3.8, 4) is 0 Å². The predicted molar refractivity (Wildman–Crippen MR) is 76.8 cm³/mol. The van der Waals surface area contributed by atoms with E-state index >= 15 is 0 Å². The minimum Gasteiger partial charge on any atom is -0.378 e. The van der Waals surface area contributed by atoms with E-state index in [2.05, 4.69) is 19.2 Å². The molecule has 3 unspecified atom stereocenters. The molecule has 2 nitrogen and oxygen atoms in total. The molecular formula is C16H31NO. The van der Waals surface area contributed by atoms with Gasteiger partial charge in [0.15, 0.2) is 0 Å². The van der Waals surface area contributed by atoms with Gasteiger partial charge in [0.05, 0.1) is 6.10 Å². The molecule has 2 aliphatic carbocycles. The summed E-state index contributed by atoms with van der Waals surface area (Å²) in [6, 6.07) is 0.806. The maximum absolute atomic E-state index is 6.03. The third kappa shape index (κ3) is 4.55. The second kappa shape index (κ2) is 7.49. The Hall–Kier alpha value is -0.0800. The van der Waals surface area contributed by atoms with Gasteiger partial charge < -0.3 is 10.1 Å². The fourth-order valence-corrected chi connectivity index (χ4v) is 3.41. The molecule has 1 N–H and O–H groups in total. The monoisotopic (exact) mass is 253 g/mol. The summed E-state index contributed by atoms with van der Waals surface area (Å²) >= 11 is 0. The van der Waals surface area contributed by atoms with Crippen molar-refractivity contribution in [2.75, 3.05) is 13.2 Å². The van der Waals surface area contributed by atoms with E-state index < -0.39 is 0 Å². The Morgan fingerprint density at radius 3 is 2.50 bits per heavy atom. The first-order valence-corrected chi connectivity index (χ1v) is 8.10. The summed E-state index contributed by atoms with van der Waals surface area (Å²) in [6.45, 7) is 6.85. The van der Waals surface area contributed by atoms with Crippen LogP contribution in [0.2, 0.25) is 0 Å². The van der Waals surface area contributed by atoms with E-state index in [1.165, 1.54) is 51.4 Å². The second-order valence-corrected chi connectivity index (χ2v) is 6.55. The van der Waals surface area contributed by atoms with Crippen molar-refractivity contribution in [1.29, 1.82) is 0 Å². The van der Waals surface area contributed by atoms with E-state index in [0.29, 0.717) is 6.10 Å². The van der Waals surface area contributed by atoms with Gasteiger partial charge in [0, 0.05) is 12.6 Å². The topological polar surface area (TPSA) is 21.3 Å². The molecule has 0 spiro atoms. The van der Waals surface area contributed by atoms with Crippen LogP contribution < -0.4 is 5.32 Å². The van der Waals surface area contributed by atoms with E-state index in [1.807, 2.05) is 0 Å². The molecule has 0 aromatic heterocycles. The lowest BCUT2D eigenvalue weighted by Gasteiger charge is -2.32. The molecule has 0 heterocycles. The third-order valence-corrected chi connectivity index (χ3v) is 5.01. The van der Waals surface area contributed by atoms with Gasteiger partial charge in [-0.15, -0.1) is 0 Å². The van der Waals surface area contributed by atoms with Gasteiger partial charge in [-0.2, -0.15) is 0 Å². The molecule has 2 rings (SSSR count). The Labute approximate surface area is 113 Å². The van der Waals surface area contributed by atoms with Crippen molar-refractivity contribution in [1.82, 2.24) is 5.32 Å². The van der Waals surface area contributed by atoms with E-state index in [9.17, 15) is 0 Å². The summed E-state index contributed by atoms with van der Waals surface area (Å²) in [5.41, 5.74) is 0. The highest BCUT2D eigenvalue weighted by atomic mass is 16.5. The average molecular weight is 253 g/mol. The van der Waals surface area contributed by atoms with Crippen molar-refractivity contribution in [2.45, 2.75) is 77.4 Å². The Bertz CT molecular complexity index is 225. The summed E-state index contributed by atoms with van der Waals surface area (Å²) in [5.74, 6) is 1.74. The molecule has 0 saturated heterocycles. The number of rotatable bonds is 6.